The molecule has 0 saturated carbocycles. The standard InChI is InChI=1S/C23H21Cl2N4S2.F6P/c1-3-28-14-16(24)12-18-22(28)26-20(30-18)10-8-6-5-7-9-11-21-27-23-19(31-21)13-17(25)15-29(23)4-2;1-7(2,3,4,5)6/h5-15H,3-4H2,1-2H3;/q+1;-1. The molecular formula is C23H21Cl2F6N4PS2. The van der Waals surface area contributed by atoms with E-state index in [1.54, 1.807) is 22.7 Å². The topological polar surface area (TPSA) is 32.9 Å². The second kappa shape index (κ2) is 11.1. The van der Waals surface area contributed by atoms with Crippen molar-refractivity contribution in [3.05, 3.63) is 73.1 Å². The van der Waals surface area contributed by atoms with Gasteiger partial charge in [-0.15, -0.1) is 11.3 Å². The first-order valence-corrected chi connectivity index (χ1v) is 15.3. The fourth-order valence-corrected chi connectivity index (χ4v) is 5.59. The molecule has 0 fully saturated rings. The minimum absolute atomic E-state index is 0.732. The van der Waals surface area contributed by atoms with Crippen LogP contribution in [0.2, 0.25) is 5.02 Å². The number of allylic oxidation sites excluding steroid dienone is 6. The van der Waals surface area contributed by atoms with Crippen LogP contribution >= 0.6 is 53.7 Å². The Labute approximate surface area is 232 Å². The molecule has 1 aliphatic rings. The van der Waals surface area contributed by atoms with Gasteiger partial charge in [0.05, 0.1) is 21.1 Å². The summed E-state index contributed by atoms with van der Waals surface area (Å²) in [6, 6.07) is 1.96. The molecule has 206 valence electrons. The number of anilines is 1. The summed E-state index contributed by atoms with van der Waals surface area (Å²) in [5, 5.41) is 2.42. The molecule has 15 heteroatoms. The molecule has 1 aliphatic heterocycles. The number of hydrogen-bond acceptors (Lipinski definition) is 5. The number of hydrogen-bond donors (Lipinski definition) is 0. The van der Waals surface area contributed by atoms with E-state index in [1.807, 2.05) is 67.1 Å². The van der Waals surface area contributed by atoms with Gasteiger partial charge in [-0.3, -0.25) is 0 Å². The molecular weight excluding hydrogens is 612 g/mol. The summed E-state index contributed by atoms with van der Waals surface area (Å²) in [6.45, 7) is 5.85. The molecule has 0 atom stereocenters. The van der Waals surface area contributed by atoms with E-state index in [-0.39, 0.29) is 0 Å². The van der Waals surface area contributed by atoms with Gasteiger partial charge in [0.1, 0.15) is 15.6 Å². The van der Waals surface area contributed by atoms with Crippen LogP contribution < -0.4 is 18.7 Å². The zero-order valence-electron chi connectivity index (χ0n) is 19.8. The molecule has 0 aliphatic carbocycles. The predicted octanol–water partition coefficient (Wildman–Crippen LogP) is 8.40. The van der Waals surface area contributed by atoms with Gasteiger partial charge in [0.2, 0.25) is 5.01 Å². The second-order valence-corrected chi connectivity index (χ2v) is 12.5. The van der Waals surface area contributed by atoms with Gasteiger partial charge in [-0.25, -0.2) is 9.55 Å². The normalized spacial score (nSPS) is 16.4. The SMILES string of the molecule is CCN1C=C(Cl)C=c2s/c(=C/C=C/C=C/C=C/c3nc4c(cc(Cl)c[n+]4CC)s3)nc21.F[P-](F)(F)(F)(F)F. The van der Waals surface area contributed by atoms with Gasteiger partial charge in [0.15, 0.2) is 5.82 Å². The Bertz CT molecular complexity index is 1560. The van der Waals surface area contributed by atoms with E-state index in [0.717, 1.165) is 53.5 Å². The van der Waals surface area contributed by atoms with Crippen LogP contribution in [-0.2, 0) is 6.54 Å². The first-order valence-electron chi connectivity index (χ1n) is 10.9. The summed E-state index contributed by atoms with van der Waals surface area (Å²) < 4.78 is 64.4. The quantitative estimate of drug-likeness (QED) is 0.118. The van der Waals surface area contributed by atoms with Crippen molar-refractivity contribution in [2.24, 2.45) is 0 Å². The zero-order chi connectivity index (χ0) is 28.2. The Hall–Kier alpha value is -2.24. The minimum atomic E-state index is -10.7. The van der Waals surface area contributed by atoms with Gasteiger partial charge in [-0.05, 0) is 37.0 Å². The van der Waals surface area contributed by atoms with Crippen LogP contribution in [0, 0.1) is 0 Å². The molecule has 0 N–H and O–H groups in total. The van der Waals surface area contributed by atoms with Crippen LogP contribution in [0.5, 0.6) is 0 Å². The van der Waals surface area contributed by atoms with Crippen LogP contribution in [0.1, 0.15) is 18.9 Å². The summed E-state index contributed by atoms with van der Waals surface area (Å²) in [6.07, 6.45) is 19.7. The number of rotatable bonds is 6. The summed E-state index contributed by atoms with van der Waals surface area (Å²) in [5.41, 5.74) is 0.969. The number of halogens is 8. The van der Waals surface area contributed by atoms with E-state index in [2.05, 4.69) is 23.3 Å². The van der Waals surface area contributed by atoms with Gasteiger partial charge in [-0.2, -0.15) is 0 Å². The van der Waals surface area contributed by atoms with Crippen molar-refractivity contribution in [3.63, 3.8) is 0 Å². The molecule has 38 heavy (non-hydrogen) atoms. The van der Waals surface area contributed by atoms with E-state index in [4.69, 9.17) is 33.2 Å². The fourth-order valence-electron chi connectivity index (χ4n) is 3.12. The van der Waals surface area contributed by atoms with Gasteiger partial charge < -0.3 is 4.90 Å². The first kappa shape index (κ1) is 30.3. The third-order valence-corrected chi connectivity index (χ3v) is 6.87. The molecule has 3 aromatic heterocycles. The van der Waals surface area contributed by atoms with Crippen molar-refractivity contribution in [1.82, 2.24) is 9.97 Å². The Morgan fingerprint density at radius 1 is 0.974 bits per heavy atom. The molecule has 0 amide bonds. The molecule has 0 radical (unpaired) electrons. The third-order valence-electron chi connectivity index (χ3n) is 4.55. The molecule has 0 spiro atoms. The van der Waals surface area contributed by atoms with E-state index >= 15 is 0 Å². The molecule has 0 unspecified atom stereocenters. The van der Waals surface area contributed by atoms with E-state index in [0.29, 0.717) is 0 Å². The van der Waals surface area contributed by atoms with Crippen LogP contribution in [-0.4, -0.2) is 16.5 Å². The van der Waals surface area contributed by atoms with E-state index in [1.165, 1.54) is 0 Å². The Morgan fingerprint density at radius 2 is 1.63 bits per heavy atom. The van der Waals surface area contributed by atoms with Crippen molar-refractivity contribution in [1.29, 1.82) is 0 Å². The number of fused-ring (bicyclic) bond motifs is 2. The van der Waals surface area contributed by atoms with Gasteiger partial charge in [0, 0.05) is 18.8 Å². The van der Waals surface area contributed by atoms with Crippen molar-refractivity contribution in [3.8, 4) is 0 Å². The molecule has 0 bridgehead atoms. The maximum atomic E-state index is 9.87. The van der Waals surface area contributed by atoms with Gasteiger partial charge >= 0.3 is 38.6 Å². The summed E-state index contributed by atoms with van der Waals surface area (Å²) in [7, 11) is -10.7. The second-order valence-electron chi connectivity index (χ2n) is 7.62. The van der Waals surface area contributed by atoms with Crippen molar-refractivity contribution in [2.45, 2.75) is 20.4 Å². The molecule has 4 nitrogen and oxygen atoms in total. The van der Waals surface area contributed by atoms with Crippen LogP contribution in [0.4, 0.5) is 31.0 Å². The average Bonchev–Trinajstić information content (AvgIpc) is 3.38. The Balaban J connectivity index is 0.000000505. The average molecular weight is 633 g/mol. The van der Waals surface area contributed by atoms with Gasteiger partial charge in [0.25, 0.3) is 0 Å². The van der Waals surface area contributed by atoms with Crippen LogP contribution in [0.15, 0.2) is 53.9 Å². The van der Waals surface area contributed by atoms with Gasteiger partial charge in [-0.1, -0.05) is 64.9 Å². The molecule has 3 aromatic rings. The number of aryl methyl sites for hydroxylation is 1. The summed E-state index contributed by atoms with van der Waals surface area (Å²) in [5.74, 6) is 0.969. The Morgan fingerprint density at radius 3 is 2.29 bits per heavy atom. The van der Waals surface area contributed by atoms with Crippen molar-refractivity contribution < 1.29 is 29.7 Å². The van der Waals surface area contributed by atoms with Crippen LogP contribution in [0.3, 0.4) is 0 Å². The first-order chi connectivity index (χ1) is 17.5. The number of aromatic nitrogens is 3. The zero-order valence-corrected chi connectivity index (χ0v) is 23.9. The Kier molecular flexibility index (Phi) is 8.85. The molecule has 0 aromatic carbocycles. The third kappa shape index (κ3) is 10.1. The summed E-state index contributed by atoms with van der Waals surface area (Å²) in [4.78, 5) is 11.5. The van der Waals surface area contributed by atoms with E-state index in [9.17, 15) is 25.2 Å². The summed E-state index contributed by atoms with van der Waals surface area (Å²) >= 11 is 15.6. The molecule has 4 rings (SSSR count). The maximum absolute atomic E-state index is 10.7. The molecule has 4 heterocycles. The number of thiazole rings is 2. The number of pyridine rings is 1. The van der Waals surface area contributed by atoms with Crippen molar-refractivity contribution >= 4 is 88.1 Å². The predicted molar refractivity (Wildman–Crippen MR) is 149 cm³/mol. The monoisotopic (exact) mass is 632 g/mol. The van der Waals surface area contributed by atoms with E-state index < -0.39 is 7.81 Å². The number of nitrogens with zero attached hydrogens (tertiary/aromatic N) is 4. The fraction of sp³-hybridized carbons (Fsp3) is 0.174. The van der Waals surface area contributed by atoms with Crippen LogP contribution in [0.25, 0.3) is 28.6 Å². The van der Waals surface area contributed by atoms with Crippen molar-refractivity contribution in [2.75, 3.05) is 11.4 Å². The molecule has 0 saturated heterocycles.